The predicted molar refractivity (Wildman–Crippen MR) is 68.0 cm³/mol. The van der Waals surface area contributed by atoms with E-state index in [0.29, 0.717) is 0 Å². The van der Waals surface area contributed by atoms with Gasteiger partial charge in [-0.25, -0.2) is 0 Å². The molecule has 2 heterocycles. The zero-order valence-electron chi connectivity index (χ0n) is 10.7. The van der Waals surface area contributed by atoms with Gasteiger partial charge in [0.1, 0.15) is 0 Å². The molecule has 2 N–H and O–H groups in total. The van der Waals surface area contributed by atoms with Gasteiger partial charge in [-0.3, -0.25) is 9.78 Å². The standard InChI is InChI=1S/C13H19N3O2/c1-9(10-4-3-5-14-7-10)16-13(17)12-6-11(18-2)8-15-12/h3-5,7,9,11-12,15H,6,8H2,1-2H3,(H,16,17). The maximum atomic E-state index is 12.0. The van der Waals surface area contributed by atoms with Gasteiger partial charge in [-0.15, -0.1) is 0 Å². The minimum Gasteiger partial charge on any atom is -0.380 e. The molecule has 1 amide bonds. The first kappa shape index (κ1) is 13.0. The van der Waals surface area contributed by atoms with E-state index in [2.05, 4.69) is 15.6 Å². The Morgan fingerprint density at radius 3 is 3.11 bits per heavy atom. The van der Waals surface area contributed by atoms with Crippen LogP contribution in [0, 0.1) is 0 Å². The van der Waals surface area contributed by atoms with E-state index < -0.39 is 0 Å². The fourth-order valence-corrected chi connectivity index (χ4v) is 2.11. The average Bonchev–Trinajstić information content (AvgIpc) is 2.88. The van der Waals surface area contributed by atoms with Crippen molar-refractivity contribution in [1.29, 1.82) is 0 Å². The highest BCUT2D eigenvalue weighted by atomic mass is 16.5. The van der Waals surface area contributed by atoms with Crippen LogP contribution in [0.2, 0.25) is 0 Å². The molecule has 0 saturated carbocycles. The van der Waals surface area contributed by atoms with Gasteiger partial charge in [0, 0.05) is 26.0 Å². The van der Waals surface area contributed by atoms with E-state index in [4.69, 9.17) is 4.74 Å². The second-order valence-electron chi connectivity index (χ2n) is 4.57. The lowest BCUT2D eigenvalue weighted by Crippen LogP contribution is -2.41. The summed E-state index contributed by atoms with van der Waals surface area (Å²) >= 11 is 0. The summed E-state index contributed by atoms with van der Waals surface area (Å²) in [4.78, 5) is 16.1. The first-order valence-electron chi connectivity index (χ1n) is 6.17. The zero-order chi connectivity index (χ0) is 13.0. The number of amides is 1. The molecular formula is C13H19N3O2. The number of nitrogens with zero attached hydrogens (tertiary/aromatic N) is 1. The third-order valence-electron chi connectivity index (χ3n) is 3.28. The number of nitrogens with one attached hydrogen (secondary N) is 2. The fourth-order valence-electron chi connectivity index (χ4n) is 2.11. The quantitative estimate of drug-likeness (QED) is 0.822. The lowest BCUT2D eigenvalue weighted by Gasteiger charge is -2.17. The smallest absolute Gasteiger partial charge is 0.237 e. The fraction of sp³-hybridized carbons (Fsp3) is 0.538. The number of carbonyl (C=O) groups excluding carboxylic acids is 1. The molecule has 3 unspecified atom stereocenters. The van der Waals surface area contributed by atoms with Gasteiger partial charge in [0.2, 0.25) is 5.91 Å². The van der Waals surface area contributed by atoms with Gasteiger partial charge >= 0.3 is 0 Å². The summed E-state index contributed by atoms with van der Waals surface area (Å²) in [5.74, 6) is 0.0194. The van der Waals surface area contributed by atoms with Crippen molar-refractivity contribution in [2.24, 2.45) is 0 Å². The van der Waals surface area contributed by atoms with E-state index in [9.17, 15) is 4.79 Å². The predicted octanol–water partition coefficient (Wildman–Crippen LogP) is 0.636. The molecule has 1 aromatic heterocycles. The number of rotatable bonds is 4. The Balaban J connectivity index is 1.88. The summed E-state index contributed by atoms with van der Waals surface area (Å²) < 4.78 is 5.23. The number of aromatic nitrogens is 1. The Bertz CT molecular complexity index is 396. The van der Waals surface area contributed by atoms with E-state index in [1.807, 2.05) is 19.1 Å². The van der Waals surface area contributed by atoms with E-state index in [1.165, 1.54) is 0 Å². The molecule has 0 aliphatic carbocycles. The van der Waals surface area contributed by atoms with E-state index >= 15 is 0 Å². The van der Waals surface area contributed by atoms with E-state index in [0.717, 1.165) is 18.5 Å². The van der Waals surface area contributed by atoms with Crippen LogP contribution < -0.4 is 10.6 Å². The molecule has 98 valence electrons. The number of carbonyl (C=O) groups is 1. The maximum absolute atomic E-state index is 12.0. The lowest BCUT2D eigenvalue weighted by atomic mass is 10.1. The number of pyridine rings is 1. The Kier molecular flexibility index (Phi) is 4.28. The zero-order valence-corrected chi connectivity index (χ0v) is 10.7. The van der Waals surface area contributed by atoms with Crippen LogP contribution in [0.25, 0.3) is 0 Å². The number of methoxy groups -OCH3 is 1. The Labute approximate surface area is 107 Å². The highest BCUT2D eigenvalue weighted by Crippen LogP contribution is 2.13. The molecule has 1 aliphatic heterocycles. The van der Waals surface area contributed by atoms with Crippen molar-refractivity contribution in [1.82, 2.24) is 15.6 Å². The van der Waals surface area contributed by atoms with Crippen molar-refractivity contribution in [2.75, 3.05) is 13.7 Å². The summed E-state index contributed by atoms with van der Waals surface area (Å²) in [5.41, 5.74) is 1.01. The number of hydrogen-bond donors (Lipinski definition) is 2. The molecule has 0 bridgehead atoms. The summed E-state index contributed by atoms with van der Waals surface area (Å²) in [7, 11) is 1.67. The van der Waals surface area contributed by atoms with Gasteiger partial charge in [-0.1, -0.05) is 6.07 Å². The molecule has 1 saturated heterocycles. The van der Waals surface area contributed by atoms with E-state index in [-0.39, 0.29) is 24.1 Å². The average molecular weight is 249 g/mol. The molecule has 0 aromatic carbocycles. The molecule has 18 heavy (non-hydrogen) atoms. The van der Waals surface area contributed by atoms with Crippen LogP contribution in [0.15, 0.2) is 24.5 Å². The first-order valence-corrected chi connectivity index (χ1v) is 6.17. The first-order chi connectivity index (χ1) is 8.70. The van der Waals surface area contributed by atoms with Crippen molar-refractivity contribution in [2.45, 2.75) is 31.5 Å². The monoisotopic (exact) mass is 249 g/mol. The third kappa shape index (κ3) is 3.05. The molecule has 2 rings (SSSR count). The lowest BCUT2D eigenvalue weighted by molar-refractivity contribution is -0.123. The molecule has 5 heteroatoms. The summed E-state index contributed by atoms with van der Waals surface area (Å²) in [5, 5.41) is 6.15. The molecule has 1 aliphatic rings. The summed E-state index contributed by atoms with van der Waals surface area (Å²) in [6.07, 6.45) is 4.35. The van der Waals surface area contributed by atoms with Crippen LogP contribution in [-0.4, -0.2) is 36.7 Å². The summed E-state index contributed by atoms with van der Waals surface area (Å²) in [6.45, 7) is 2.69. The van der Waals surface area contributed by atoms with Gasteiger partial charge in [0.25, 0.3) is 0 Å². The van der Waals surface area contributed by atoms with Crippen molar-refractivity contribution in [3.05, 3.63) is 30.1 Å². The van der Waals surface area contributed by atoms with Crippen LogP contribution >= 0.6 is 0 Å². The van der Waals surface area contributed by atoms with E-state index in [1.54, 1.807) is 19.5 Å². The normalized spacial score (nSPS) is 24.8. The molecule has 3 atom stereocenters. The van der Waals surface area contributed by atoms with Crippen molar-refractivity contribution in [3.63, 3.8) is 0 Å². The van der Waals surface area contributed by atoms with Crippen LogP contribution in [0.3, 0.4) is 0 Å². The molecular weight excluding hydrogens is 230 g/mol. The second-order valence-corrected chi connectivity index (χ2v) is 4.57. The Hall–Kier alpha value is -1.46. The van der Waals surface area contributed by atoms with Gasteiger partial charge in [0.05, 0.1) is 18.2 Å². The number of hydrogen-bond acceptors (Lipinski definition) is 4. The SMILES string of the molecule is COC1CNC(C(=O)NC(C)c2cccnc2)C1. The molecule has 5 nitrogen and oxygen atoms in total. The molecule has 0 radical (unpaired) electrons. The Morgan fingerprint density at radius 2 is 2.50 bits per heavy atom. The summed E-state index contributed by atoms with van der Waals surface area (Å²) in [6, 6.07) is 3.63. The molecule has 0 spiro atoms. The number of ether oxygens (including phenoxy) is 1. The topological polar surface area (TPSA) is 63.2 Å². The Morgan fingerprint density at radius 1 is 1.67 bits per heavy atom. The van der Waals surface area contributed by atoms with Gasteiger partial charge in [-0.05, 0) is 25.0 Å². The van der Waals surface area contributed by atoms with Crippen molar-refractivity contribution < 1.29 is 9.53 Å². The highest BCUT2D eigenvalue weighted by Gasteiger charge is 2.29. The van der Waals surface area contributed by atoms with Gasteiger partial charge in [0.15, 0.2) is 0 Å². The van der Waals surface area contributed by atoms with Crippen LogP contribution in [0.1, 0.15) is 24.9 Å². The van der Waals surface area contributed by atoms with Crippen LogP contribution in [-0.2, 0) is 9.53 Å². The van der Waals surface area contributed by atoms with Gasteiger partial charge in [-0.2, -0.15) is 0 Å². The highest BCUT2D eigenvalue weighted by molar-refractivity contribution is 5.82. The third-order valence-corrected chi connectivity index (χ3v) is 3.28. The van der Waals surface area contributed by atoms with Crippen LogP contribution in [0.5, 0.6) is 0 Å². The maximum Gasteiger partial charge on any atom is 0.237 e. The second kappa shape index (κ2) is 5.93. The molecule has 1 aromatic rings. The van der Waals surface area contributed by atoms with Gasteiger partial charge < -0.3 is 15.4 Å². The van der Waals surface area contributed by atoms with Crippen molar-refractivity contribution >= 4 is 5.91 Å². The largest absolute Gasteiger partial charge is 0.380 e. The minimum absolute atomic E-state index is 0.0194. The van der Waals surface area contributed by atoms with Crippen LogP contribution in [0.4, 0.5) is 0 Å². The molecule has 1 fully saturated rings. The van der Waals surface area contributed by atoms with Crippen molar-refractivity contribution in [3.8, 4) is 0 Å². The minimum atomic E-state index is -0.158.